The van der Waals surface area contributed by atoms with E-state index in [1.807, 2.05) is 0 Å². The molecule has 2 bridgehead atoms. The predicted molar refractivity (Wildman–Crippen MR) is 132 cm³/mol. The van der Waals surface area contributed by atoms with E-state index in [1.54, 1.807) is 0 Å². The lowest BCUT2D eigenvalue weighted by Crippen LogP contribution is -2.72. The average Bonchev–Trinajstić information content (AvgIpc) is 2.55. The van der Waals surface area contributed by atoms with E-state index >= 15 is 0 Å². The van der Waals surface area contributed by atoms with Gasteiger partial charge < -0.3 is 0 Å². The SMILES string of the molecule is ClC(Cl)(Cl)C12C(Cl)(Cl)C(Cl)(Cl)C(Cl)(C(Cl)(Cl)C1(Cl)Cl)C2(C(Cl)(Cl)Cl)C(Cl)(Cl)Cl. The Hall–Kier alpha value is 5.22. The second kappa shape index (κ2) is 7.38. The Morgan fingerprint density at radius 1 is 0.357 bits per heavy atom. The lowest BCUT2D eigenvalue weighted by molar-refractivity contribution is 0.0890. The zero-order valence-corrected chi connectivity index (χ0v) is 25.4. The van der Waals surface area contributed by atoms with Gasteiger partial charge in [-0.3, -0.25) is 0 Å². The molecule has 0 nitrogen and oxygen atoms in total. The van der Waals surface area contributed by atoms with Crippen LogP contribution < -0.4 is 0 Å². The molecular weight excluding hydrogens is 758 g/mol. The summed E-state index contributed by atoms with van der Waals surface area (Å²) in [4.78, 5) is -2.87. The third-order valence-electron chi connectivity index (χ3n) is 4.95. The first-order valence-corrected chi connectivity index (χ1v) is 13.0. The molecule has 0 aromatic rings. The Morgan fingerprint density at radius 3 is 0.750 bits per heavy atom. The van der Waals surface area contributed by atoms with Gasteiger partial charge in [0.25, 0.3) is 0 Å². The fourth-order valence-corrected chi connectivity index (χ4v) is 14.4. The van der Waals surface area contributed by atoms with Crippen LogP contribution in [0.2, 0.25) is 0 Å². The van der Waals surface area contributed by atoms with Gasteiger partial charge >= 0.3 is 0 Å². The second-order valence-corrected chi connectivity index (χ2v) is 18.7. The molecule has 0 unspecified atom stereocenters. The van der Waals surface area contributed by atoms with Crippen molar-refractivity contribution in [1.29, 1.82) is 0 Å². The number of hydrogen-bond donors (Lipinski definition) is 0. The van der Waals surface area contributed by atoms with Crippen molar-refractivity contribution in [3.05, 3.63) is 0 Å². The number of rotatable bonds is 0. The molecule has 18 heteroatoms. The Balaban J connectivity index is 3.46. The smallest absolute Gasteiger partial charge is 0.111 e. The van der Waals surface area contributed by atoms with Crippen molar-refractivity contribution in [1.82, 2.24) is 0 Å². The number of alkyl halides is 18. The van der Waals surface area contributed by atoms with Gasteiger partial charge in [0.2, 0.25) is 11.4 Å². The van der Waals surface area contributed by atoms with Crippen LogP contribution in [-0.2, 0) is 0 Å². The van der Waals surface area contributed by atoms with E-state index in [9.17, 15) is 0 Å². The van der Waals surface area contributed by atoms with Crippen LogP contribution in [0, 0.1) is 10.8 Å². The molecule has 0 radical (unpaired) electrons. The van der Waals surface area contributed by atoms with Gasteiger partial charge in [0.1, 0.15) is 15.7 Å². The van der Waals surface area contributed by atoms with Crippen molar-refractivity contribution in [2.24, 2.45) is 10.8 Å². The first-order valence-electron chi connectivity index (χ1n) is 6.15. The van der Waals surface area contributed by atoms with E-state index in [0.717, 1.165) is 0 Å². The minimum Gasteiger partial charge on any atom is -0.111 e. The molecule has 0 aliphatic heterocycles. The van der Waals surface area contributed by atoms with Gasteiger partial charge in [-0.2, -0.15) is 0 Å². The van der Waals surface area contributed by atoms with Gasteiger partial charge in [-0.15, -0.1) is 11.6 Å². The van der Waals surface area contributed by atoms with Crippen LogP contribution in [-0.4, -0.2) is 33.6 Å². The summed E-state index contributed by atoms with van der Waals surface area (Å²) in [5.41, 5.74) is -5.88. The molecule has 2 rings (SSSR count). The van der Waals surface area contributed by atoms with Crippen molar-refractivity contribution in [3.63, 3.8) is 0 Å². The molecule has 2 aliphatic rings. The summed E-state index contributed by atoms with van der Waals surface area (Å²) >= 11 is 115. The minimum atomic E-state index is -2.94. The molecule has 166 valence electrons. The largest absolute Gasteiger partial charge is 0.203 e. The minimum absolute atomic E-state index is 2.75. The number of halogens is 18. The Bertz CT molecular complexity index is 623. The molecule has 2 fully saturated rings. The maximum atomic E-state index is 6.79. The number of hydrogen-bond acceptors (Lipinski definition) is 0. The molecule has 0 saturated heterocycles. The quantitative estimate of drug-likeness (QED) is 0.216. The van der Waals surface area contributed by atoms with E-state index in [-0.39, 0.29) is 0 Å². The van der Waals surface area contributed by atoms with Crippen molar-refractivity contribution in [2.45, 2.75) is 33.6 Å². The summed E-state index contributed by atoms with van der Waals surface area (Å²) in [6.07, 6.45) is 0. The van der Waals surface area contributed by atoms with Gasteiger partial charge in [-0.05, 0) is 0 Å². The number of fused-ring (bicyclic) bond motifs is 2. The predicted octanol–water partition coefficient (Wildman–Crippen LogP) is 10.8. The molecule has 0 aromatic carbocycles. The van der Waals surface area contributed by atoms with E-state index < -0.39 is 44.4 Å². The van der Waals surface area contributed by atoms with Crippen LogP contribution in [0.5, 0.6) is 0 Å². The average molecular weight is 758 g/mol. The maximum absolute atomic E-state index is 6.79. The summed E-state index contributed by atoms with van der Waals surface area (Å²) < 4.78 is -19.7. The van der Waals surface area contributed by atoms with Gasteiger partial charge in [0.05, 0.1) is 0 Å². The monoisotopic (exact) mass is 749 g/mol. The first-order chi connectivity index (χ1) is 11.8. The highest BCUT2D eigenvalue weighted by molar-refractivity contribution is 6.82. The highest BCUT2D eigenvalue weighted by atomic mass is 35.6. The molecule has 2 saturated carbocycles. The topological polar surface area (TPSA) is 0 Å². The Morgan fingerprint density at radius 2 is 0.607 bits per heavy atom. The summed E-state index contributed by atoms with van der Waals surface area (Å²) in [5.74, 6) is 0. The van der Waals surface area contributed by atoms with Gasteiger partial charge in [0.15, 0.2) is 17.3 Å². The van der Waals surface area contributed by atoms with E-state index in [4.69, 9.17) is 209 Å². The maximum Gasteiger partial charge on any atom is 0.203 e. The normalized spacial score (nSPS) is 37.9. The van der Waals surface area contributed by atoms with E-state index in [1.165, 1.54) is 0 Å². The summed E-state index contributed by atoms with van der Waals surface area (Å²) in [7, 11) is 0. The second-order valence-electron chi connectivity index (χ2n) is 5.95. The fraction of sp³-hybridized carbons (Fsp3) is 1.00. The molecule has 28 heavy (non-hydrogen) atoms. The van der Waals surface area contributed by atoms with E-state index in [0.29, 0.717) is 0 Å². The van der Waals surface area contributed by atoms with E-state index in [2.05, 4.69) is 0 Å². The van der Waals surface area contributed by atoms with Crippen molar-refractivity contribution < 1.29 is 0 Å². The first kappa shape index (κ1) is 29.5. The van der Waals surface area contributed by atoms with Gasteiger partial charge in [-0.25, -0.2) is 0 Å². The third-order valence-corrected chi connectivity index (χ3v) is 14.0. The highest BCUT2D eigenvalue weighted by Gasteiger charge is 3.11. The van der Waals surface area contributed by atoms with Crippen LogP contribution in [0.25, 0.3) is 0 Å². The molecule has 0 aromatic heterocycles. The summed E-state index contributed by atoms with van der Waals surface area (Å²) in [6, 6.07) is 0. The van der Waals surface area contributed by atoms with Crippen molar-refractivity contribution in [3.8, 4) is 0 Å². The zero-order chi connectivity index (χ0) is 23.0. The van der Waals surface area contributed by atoms with Crippen LogP contribution in [0.15, 0.2) is 0 Å². The lowest BCUT2D eigenvalue weighted by atomic mass is 9.68. The van der Waals surface area contributed by atoms with Gasteiger partial charge in [-0.1, -0.05) is 197 Å². The van der Waals surface area contributed by atoms with Crippen molar-refractivity contribution in [2.75, 3.05) is 0 Å². The van der Waals surface area contributed by atoms with Crippen LogP contribution in [0.4, 0.5) is 0 Å². The summed E-state index contributed by atoms with van der Waals surface area (Å²) in [5, 5.41) is 0. The van der Waals surface area contributed by atoms with Crippen LogP contribution >= 0.6 is 209 Å². The molecular formula is C10Cl18. The van der Waals surface area contributed by atoms with Crippen LogP contribution in [0.3, 0.4) is 0 Å². The fourth-order valence-electron chi connectivity index (χ4n) is 4.04. The summed E-state index contributed by atoms with van der Waals surface area (Å²) in [6.45, 7) is 0. The van der Waals surface area contributed by atoms with Crippen LogP contribution in [0.1, 0.15) is 0 Å². The van der Waals surface area contributed by atoms with Gasteiger partial charge in [0, 0.05) is 0 Å². The molecule has 0 spiro atoms. The molecule has 0 N–H and O–H groups in total. The molecule has 0 amide bonds. The molecule has 2 aliphatic carbocycles. The Labute approximate surface area is 249 Å². The molecule has 0 heterocycles. The third kappa shape index (κ3) is 2.62. The Kier molecular flexibility index (Phi) is 7.77. The van der Waals surface area contributed by atoms with Crippen molar-refractivity contribution >= 4 is 209 Å². The molecule has 0 atom stereocenters. The highest BCUT2D eigenvalue weighted by Crippen LogP contribution is 2.99. The lowest BCUT2D eigenvalue weighted by Gasteiger charge is -2.59. The zero-order valence-electron chi connectivity index (χ0n) is 11.8. The standard InChI is InChI=1S/C10Cl18/c11-3-1(8(20,21)22,9(23,24)25)2(10(26,27)28,4(12,13)6(3,16)17)5(14,15)7(3,18)19.